The molecule has 4 aromatic rings. The van der Waals surface area contributed by atoms with Crippen molar-refractivity contribution in [3.8, 4) is 10.4 Å². The maximum atomic E-state index is 12.6. The van der Waals surface area contributed by atoms with Crippen LogP contribution in [0.5, 0.6) is 0 Å². The second-order valence-corrected chi connectivity index (χ2v) is 9.38. The molecule has 0 amide bonds. The fraction of sp³-hybridized carbons (Fsp3) is 0.348. The average Bonchev–Trinajstić information content (AvgIpc) is 3.44. The van der Waals surface area contributed by atoms with Crippen molar-refractivity contribution in [2.45, 2.75) is 33.2 Å². The molecule has 1 unspecified atom stereocenters. The molecule has 1 fully saturated rings. The first kappa shape index (κ1) is 19.2. The number of hydrogen-bond acceptors (Lipinski definition) is 5. The Kier molecular flexibility index (Phi) is 5.00. The van der Waals surface area contributed by atoms with Gasteiger partial charge in [0.15, 0.2) is 0 Å². The zero-order valence-corrected chi connectivity index (χ0v) is 18.1. The largest absolute Gasteiger partial charge is 0.308 e. The lowest BCUT2D eigenvalue weighted by Gasteiger charge is -2.15. The minimum atomic E-state index is -0.0530. The Morgan fingerprint density at radius 2 is 2.07 bits per heavy atom. The Morgan fingerprint density at radius 3 is 2.83 bits per heavy atom. The van der Waals surface area contributed by atoms with E-state index in [-0.39, 0.29) is 5.56 Å². The highest BCUT2D eigenvalue weighted by atomic mass is 32.1. The van der Waals surface area contributed by atoms with Crippen LogP contribution in [0.15, 0.2) is 41.3 Å². The molecule has 0 radical (unpaired) electrons. The molecular formula is C23H25N5OS. The molecule has 1 atom stereocenters. The highest BCUT2D eigenvalue weighted by molar-refractivity contribution is 7.22. The molecule has 0 spiro atoms. The minimum absolute atomic E-state index is 0.0530. The first-order valence-corrected chi connectivity index (χ1v) is 11.2. The maximum absolute atomic E-state index is 12.6. The Labute approximate surface area is 179 Å². The molecule has 30 heavy (non-hydrogen) atoms. The van der Waals surface area contributed by atoms with E-state index in [4.69, 9.17) is 4.98 Å². The summed E-state index contributed by atoms with van der Waals surface area (Å²) >= 11 is 1.47. The van der Waals surface area contributed by atoms with E-state index < -0.39 is 0 Å². The van der Waals surface area contributed by atoms with Gasteiger partial charge in [-0.15, -0.1) is 11.3 Å². The van der Waals surface area contributed by atoms with E-state index in [0.29, 0.717) is 17.2 Å². The molecule has 1 aliphatic rings. The number of likely N-dealkylation sites (tertiary alicyclic amines) is 1. The zero-order chi connectivity index (χ0) is 20.7. The highest BCUT2D eigenvalue weighted by Crippen LogP contribution is 2.32. The lowest BCUT2D eigenvalue weighted by Crippen LogP contribution is -2.23. The number of thiophene rings is 1. The van der Waals surface area contributed by atoms with Crippen LogP contribution in [0.3, 0.4) is 0 Å². The second-order valence-electron chi connectivity index (χ2n) is 8.33. The molecule has 0 bridgehead atoms. The molecule has 1 aromatic carbocycles. The Hall–Kier alpha value is -2.77. The van der Waals surface area contributed by atoms with Crippen molar-refractivity contribution in [2.75, 3.05) is 13.1 Å². The van der Waals surface area contributed by atoms with Crippen LogP contribution in [0, 0.1) is 19.8 Å². The third-order valence-electron chi connectivity index (χ3n) is 5.92. The number of rotatable bonds is 5. The number of nitrogens with one attached hydrogen (secondary N) is 2. The standard InChI is InChI=1S/C23H25N5OS/c1-14-3-5-16(6-4-14)9-17-7-8-28(12-17)13-21-25-19-10-20(18-11-24-27-15(18)2)30-22(19)23(29)26-21/h3-6,10-11,17H,7-9,12-13H2,1-2H3,(H,24,27)(H,25,26,29). The van der Waals surface area contributed by atoms with Crippen LogP contribution in [0.1, 0.15) is 29.1 Å². The van der Waals surface area contributed by atoms with Gasteiger partial charge in [0.2, 0.25) is 0 Å². The number of aromatic amines is 2. The molecule has 1 saturated heterocycles. The quantitative estimate of drug-likeness (QED) is 0.511. The van der Waals surface area contributed by atoms with Crippen molar-refractivity contribution in [1.29, 1.82) is 0 Å². The molecule has 3 aromatic heterocycles. The summed E-state index contributed by atoms with van der Waals surface area (Å²) in [7, 11) is 0. The van der Waals surface area contributed by atoms with Gasteiger partial charge in [-0.1, -0.05) is 29.8 Å². The van der Waals surface area contributed by atoms with E-state index >= 15 is 0 Å². The van der Waals surface area contributed by atoms with Gasteiger partial charge >= 0.3 is 0 Å². The van der Waals surface area contributed by atoms with Gasteiger partial charge in [-0.3, -0.25) is 14.8 Å². The van der Waals surface area contributed by atoms with Crippen LogP contribution in [-0.4, -0.2) is 38.2 Å². The number of benzene rings is 1. The van der Waals surface area contributed by atoms with Crippen LogP contribution >= 0.6 is 11.3 Å². The molecule has 154 valence electrons. The summed E-state index contributed by atoms with van der Waals surface area (Å²) in [6, 6.07) is 10.8. The number of fused-ring (bicyclic) bond motifs is 1. The molecule has 7 heteroatoms. The monoisotopic (exact) mass is 419 g/mol. The first-order chi connectivity index (χ1) is 14.5. The summed E-state index contributed by atoms with van der Waals surface area (Å²) < 4.78 is 0.674. The summed E-state index contributed by atoms with van der Waals surface area (Å²) in [6.45, 7) is 6.88. The molecular weight excluding hydrogens is 394 g/mol. The summed E-state index contributed by atoms with van der Waals surface area (Å²) in [4.78, 5) is 23.8. The fourth-order valence-electron chi connectivity index (χ4n) is 4.29. The fourth-order valence-corrected chi connectivity index (χ4v) is 5.35. The van der Waals surface area contributed by atoms with Crippen molar-refractivity contribution in [3.63, 3.8) is 0 Å². The van der Waals surface area contributed by atoms with Gasteiger partial charge in [0.25, 0.3) is 5.56 Å². The van der Waals surface area contributed by atoms with E-state index in [9.17, 15) is 4.79 Å². The first-order valence-electron chi connectivity index (χ1n) is 10.4. The molecule has 4 heterocycles. The van der Waals surface area contributed by atoms with E-state index in [2.05, 4.69) is 51.3 Å². The van der Waals surface area contributed by atoms with Crippen molar-refractivity contribution in [1.82, 2.24) is 25.1 Å². The van der Waals surface area contributed by atoms with Gasteiger partial charge in [0, 0.05) is 22.7 Å². The minimum Gasteiger partial charge on any atom is -0.308 e. The Bertz CT molecular complexity index is 1240. The number of nitrogens with zero attached hydrogens (tertiary/aromatic N) is 3. The SMILES string of the molecule is Cc1ccc(CC2CCN(Cc3nc4cc(-c5cn[nH]c5C)sc4c(=O)[nH]3)C2)cc1. The number of hydrogen-bond donors (Lipinski definition) is 2. The molecule has 0 aliphatic carbocycles. The summed E-state index contributed by atoms with van der Waals surface area (Å²) in [5.74, 6) is 1.40. The van der Waals surface area contributed by atoms with Crippen LogP contribution in [-0.2, 0) is 13.0 Å². The average molecular weight is 420 g/mol. The maximum Gasteiger partial charge on any atom is 0.268 e. The van der Waals surface area contributed by atoms with Gasteiger partial charge in [0.05, 0.1) is 18.3 Å². The van der Waals surface area contributed by atoms with Crippen LogP contribution < -0.4 is 5.56 Å². The normalized spacial score (nSPS) is 17.2. The smallest absolute Gasteiger partial charge is 0.268 e. The van der Waals surface area contributed by atoms with Crippen molar-refractivity contribution in [2.24, 2.45) is 5.92 Å². The Morgan fingerprint density at radius 1 is 1.23 bits per heavy atom. The van der Waals surface area contributed by atoms with Crippen LogP contribution in [0.25, 0.3) is 20.7 Å². The number of H-pyrrole nitrogens is 2. The molecule has 6 nitrogen and oxygen atoms in total. The second kappa shape index (κ2) is 7.81. The van der Waals surface area contributed by atoms with Crippen molar-refractivity contribution in [3.05, 3.63) is 69.5 Å². The van der Waals surface area contributed by atoms with Crippen LogP contribution in [0.4, 0.5) is 0 Å². The van der Waals surface area contributed by atoms with Crippen molar-refractivity contribution < 1.29 is 0 Å². The lowest BCUT2D eigenvalue weighted by atomic mass is 9.98. The van der Waals surface area contributed by atoms with Crippen LogP contribution in [0.2, 0.25) is 0 Å². The highest BCUT2D eigenvalue weighted by Gasteiger charge is 2.23. The summed E-state index contributed by atoms with van der Waals surface area (Å²) in [5.41, 5.74) is 5.44. The van der Waals surface area contributed by atoms with Gasteiger partial charge in [-0.2, -0.15) is 5.10 Å². The molecule has 5 rings (SSSR count). The van der Waals surface area contributed by atoms with Gasteiger partial charge in [0.1, 0.15) is 10.5 Å². The third kappa shape index (κ3) is 3.82. The molecule has 2 N–H and O–H groups in total. The van der Waals surface area contributed by atoms with E-state index in [1.807, 2.05) is 13.0 Å². The molecule has 1 aliphatic heterocycles. The van der Waals surface area contributed by atoms with Gasteiger partial charge in [-0.25, -0.2) is 4.98 Å². The number of aromatic nitrogens is 4. The topological polar surface area (TPSA) is 77.7 Å². The predicted molar refractivity (Wildman–Crippen MR) is 121 cm³/mol. The number of aryl methyl sites for hydroxylation is 2. The zero-order valence-electron chi connectivity index (χ0n) is 17.2. The Balaban J connectivity index is 1.30. The van der Waals surface area contributed by atoms with E-state index in [1.165, 1.54) is 28.9 Å². The van der Waals surface area contributed by atoms with Gasteiger partial charge < -0.3 is 4.98 Å². The molecule has 0 saturated carbocycles. The van der Waals surface area contributed by atoms with Gasteiger partial charge in [-0.05, 0) is 50.8 Å². The lowest BCUT2D eigenvalue weighted by molar-refractivity contribution is 0.308. The third-order valence-corrected chi connectivity index (χ3v) is 7.07. The van der Waals surface area contributed by atoms with E-state index in [1.54, 1.807) is 6.20 Å². The summed E-state index contributed by atoms with van der Waals surface area (Å²) in [5, 5.41) is 7.04. The summed E-state index contributed by atoms with van der Waals surface area (Å²) in [6.07, 6.45) is 4.09. The van der Waals surface area contributed by atoms with Crippen molar-refractivity contribution >= 4 is 21.6 Å². The predicted octanol–water partition coefficient (Wildman–Crippen LogP) is 4.06. The van der Waals surface area contributed by atoms with E-state index in [0.717, 1.165) is 47.0 Å².